The molecule has 2 aliphatic rings. The van der Waals surface area contributed by atoms with Gasteiger partial charge in [0.2, 0.25) is 0 Å². The summed E-state index contributed by atoms with van der Waals surface area (Å²) < 4.78 is 29.1. The number of anilines is 1. The molecular weight excluding hydrogens is 364 g/mol. The van der Waals surface area contributed by atoms with Gasteiger partial charge in [0.1, 0.15) is 0 Å². The molecule has 150 valence electrons. The van der Waals surface area contributed by atoms with Crippen LogP contribution in [0.1, 0.15) is 33.1 Å². The lowest BCUT2D eigenvalue weighted by atomic mass is 9.94. The molecule has 0 spiro atoms. The molecule has 2 saturated heterocycles. The maximum absolute atomic E-state index is 13.0. The predicted octanol–water partition coefficient (Wildman–Crippen LogP) is 2.50. The summed E-state index contributed by atoms with van der Waals surface area (Å²) in [4.78, 5) is 12.1. The fourth-order valence-corrected chi connectivity index (χ4v) is 5.95. The molecule has 2 N–H and O–H groups in total. The van der Waals surface area contributed by atoms with E-state index in [1.165, 1.54) is 0 Å². The number of hydrogen-bond acceptors (Lipinski definition) is 3. The van der Waals surface area contributed by atoms with Crippen LogP contribution in [-0.4, -0.2) is 55.3 Å². The maximum atomic E-state index is 13.0. The number of hydrogen-bond donors (Lipinski definition) is 2. The van der Waals surface area contributed by atoms with Crippen molar-refractivity contribution in [1.29, 1.82) is 0 Å². The van der Waals surface area contributed by atoms with Gasteiger partial charge in [0.15, 0.2) is 0 Å². The Kier molecular flexibility index (Phi) is 6.39. The average molecular weight is 395 g/mol. The molecule has 2 fully saturated rings. The summed E-state index contributed by atoms with van der Waals surface area (Å²) >= 11 is 0. The summed E-state index contributed by atoms with van der Waals surface area (Å²) in [5.41, 5.74) is 0.739. The summed E-state index contributed by atoms with van der Waals surface area (Å²) in [5, 5.41) is 5.75. The van der Waals surface area contributed by atoms with Crippen molar-refractivity contribution in [2.75, 3.05) is 31.5 Å². The van der Waals surface area contributed by atoms with Gasteiger partial charge in [0, 0.05) is 37.9 Å². The Morgan fingerprint density at radius 2 is 1.59 bits per heavy atom. The Morgan fingerprint density at radius 3 is 2.19 bits per heavy atom. The summed E-state index contributed by atoms with van der Waals surface area (Å²) in [6.45, 7) is 6.31. The van der Waals surface area contributed by atoms with E-state index in [4.69, 9.17) is 0 Å². The Balaban J connectivity index is 1.50. The van der Waals surface area contributed by atoms with E-state index in [0.717, 1.165) is 12.1 Å². The number of para-hydroxylation sites is 1. The molecule has 2 unspecified atom stereocenters. The van der Waals surface area contributed by atoms with E-state index in [1.54, 1.807) is 8.61 Å². The van der Waals surface area contributed by atoms with Crippen LogP contribution in [0.5, 0.6) is 0 Å². The maximum Gasteiger partial charge on any atom is 0.319 e. The molecular formula is C19H30N4O3S. The van der Waals surface area contributed by atoms with Crippen LogP contribution in [0.2, 0.25) is 0 Å². The van der Waals surface area contributed by atoms with Crippen molar-refractivity contribution in [2.45, 2.75) is 39.2 Å². The van der Waals surface area contributed by atoms with Gasteiger partial charge in [-0.2, -0.15) is 17.0 Å². The van der Waals surface area contributed by atoms with Gasteiger partial charge >= 0.3 is 6.03 Å². The number of carbonyl (C=O) groups is 1. The second kappa shape index (κ2) is 8.58. The van der Waals surface area contributed by atoms with Crippen molar-refractivity contribution in [2.24, 2.45) is 11.8 Å². The number of rotatable bonds is 4. The molecule has 1 aromatic rings. The van der Waals surface area contributed by atoms with Crippen molar-refractivity contribution in [3.05, 3.63) is 30.3 Å². The number of urea groups is 1. The molecule has 27 heavy (non-hydrogen) atoms. The third-order valence-corrected chi connectivity index (χ3v) is 7.28. The molecule has 7 nitrogen and oxygen atoms in total. The second-order valence-corrected chi connectivity index (χ2v) is 9.84. The zero-order valence-corrected chi connectivity index (χ0v) is 16.9. The normalized spacial score (nSPS) is 25.9. The van der Waals surface area contributed by atoms with E-state index < -0.39 is 10.2 Å². The smallest absolute Gasteiger partial charge is 0.319 e. The topological polar surface area (TPSA) is 81.8 Å². The van der Waals surface area contributed by atoms with Crippen molar-refractivity contribution >= 4 is 21.9 Å². The Morgan fingerprint density at radius 1 is 1.00 bits per heavy atom. The lowest BCUT2D eigenvalue weighted by molar-refractivity contribution is 0.199. The molecule has 0 radical (unpaired) electrons. The minimum absolute atomic E-state index is 0.0145. The molecule has 3 rings (SSSR count). The Hall–Kier alpha value is -1.64. The van der Waals surface area contributed by atoms with E-state index in [-0.39, 0.29) is 12.1 Å². The van der Waals surface area contributed by atoms with Gasteiger partial charge < -0.3 is 10.6 Å². The van der Waals surface area contributed by atoms with Gasteiger partial charge in [0.25, 0.3) is 10.2 Å². The SMILES string of the molecule is CC1CC(C)CN(S(=O)(=O)N2CCC(NC(=O)Nc3ccccc3)CC2)C1. The molecule has 2 atom stereocenters. The third-order valence-electron chi connectivity index (χ3n) is 5.31. The molecule has 1 aromatic carbocycles. The van der Waals surface area contributed by atoms with Gasteiger partial charge in [0.05, 0.1) is 0 Å². The first kappa shape index (κ1) is 20.1. The fraction of sp³-hybridized carbons (Fsp3) is 0.632. The van der Waals surface area contributed by atoms with E-state index in [0.29, 0.717) is 50.9 Å². The highest BCUT2D eigenvalue weighted by atomic mass is 32.2. The highest BCUT2D eigenvalue weighted by molar-refractivity contribution is 7.86. The van der Waals surface area contributed by atoms with Crippen molar-refractivity contribution in [3.63, 3.8) is 0 Å². The van der Waals surface area contributed by atoms with Gasteiger partial charge in [-0.1, -0.05) is 32.0 Å². The van der Waals surface area contributed by atoms with Gasteiger partial charge in [-0.15, -0.1) is 0 Å². The van der Waals surface area contributed by atoms with Crippen LogP contribution in [0, 0.1) is 11.8 Å². The minimum Gasteiger partial charge on any atom is -0.335 e. The highest BCUT2D eigenvalue weighted by Gasteiger charge is 2.36. The number of amides is 2. The number of nitrogens with zero attached hydrogens (tertiary/aromatic N) is 2. The fourth-order valence-electron chi connectivity index (χ4n) is 4.06. The number of piperidine rings is 2. The lowest BCUT2D eigenvalue weighted by Crippen LogP contribution is -2.53. The van der Waals surface area contributed by atoms with Gasteiger partial charge in [-0.3, -0.25) is 0 Å². The zero-order chi connectivity index (χ0) is 19.4. The van der Waals surface area contributed by atoms with Crippen LogP contribution < -0.4 is 10.6 Å². The summed E-state index contributed by atoms with van der Waals surface area (Å²) in [6.07, 6.45) is 2.33. The van der Waals surface area contributed by atoms with Crippen molar-refractivity contribution in [1.82, 2.24) is 13.9 Å². The van der Waals surface area contributed by atoms with Crippen LogP contribution in [0.3, 0.4) is 0 Å². The summed E-state index contributed by atoms with van der Waals surface area (Å²) in [6, 6.07) is 9.01. The first-order chi connectivity index (χ1) is 12.8. The molecule has 0 aromatic heterocycles. The van der Waals surface area contributed by atoms with E-state index >= 15 is 0 Å². The van der Waals surface area contributed by atoms with Gasteiger partial charge in [-0.05, 0) is 43.2 Å². The monoisotopic (exact) mass is 394 g/mol. The summed E-state index contributed by atoms with van der Waals surface area (Å²) in [5.74, 6) is 0.786. The van der Waals surface area contributed by atoms with E-state index in [9.17, 15) is 13.2 Å². The highest BCUT2D eigenvalue weighted by Crippen LogP contribution is 2.26. The first-order valence-electron chi connectivity index (χ1n) is 9.72. The van der Waals surface area contributed by atoms with Crippen LogP contribution in [-0.2, 0) is 10.2 Å². The standard InChI is InChI=1S/C19H30N4O3S/c1-15-12-16(2)14-23(13-15)27(25,26)22-10-8-18(9-11-22)21-19(24)20-17-6-4-3-5-7-17/h3-7,15-16,18H,8-14H2,1-2H3,(H2,20,21,24). The average Bonchev–Trinajstić information content (AvgIpc) is 2.62. The molecule has 8 heteroatoms. The molecule has 0 saturated carbocycles. The largest absolute Gasteiger partial charge is 0.335 e. The van der Waals surface area contributed by atoms with Crippen LogP contribution >= 0.6 is 0 Å². The van der Waals surface area contributed by atoms with E-state index in [1.807, 2.05) is 30.3 Å². The molecule has 0 bridgehead atoms. The number of nitrogens with one attached hydrogen (secondary N) is 2. The van der Waals surface area contributed by atoms with E-state index in [2.05, 4.69) is 24.5 Å². The minimum atomic E-state index is -3.41. The Bertz CT molecular complexity index is 723. The first-order valence-corrected chi connectivity index (χ1v) is 11.1. The molecule has 2 amide bonds. The lowest BCUT2D eigenvalue weighted by Gasteiger charge is -2.39. The number of carbonyl (C=O) groups excluding carboxylic acids is 1. The summed E-state index contributed by atoms with van der Waals surface area (Å²) in [7, 11) is -3.41. The zero-order valence-electron chi connectivity index (χ0n) is 16.1. The predicted molar refractivity (Wildman–Crippen MR) is 107 cm³/mol. The van der Waals surface area contributed by atoms with Crippen LogP contribution in [0.15, 0.2) is 30.3 Å². The molecule has 2 heterocycles. The van der Waals surface area contributed by atoms with Crippen LogP contribution in [0.4, 0.5) is 10.5 Å². The quantitative estimate of drug-likeness (QED) is 0.823. The molecule has 0 aliphatic carbocycles. The second-order valence-electron chi connectivity index (χ2n) is 7.91. The van der Waals surface area contributed by atoms with Crippen LogP contribution in [0.25, 0.3) is 0 Å². The van der Waals surface area contributed by atoms with Crippen molar-refractivity contribution in [3.8, 4) is 0 Å². The number of benzene rings is 1. The van der Waals surface area contributed by atoms with Gasteiger partial charge in [-0.25, -0.2) is 4.79 Å². The molecule has 2 aliphatic heterocycles. The Labute approximate surface area is 162 Å². The van der Waals surface area contributed by atoms with Crippen molar-refractivity contribution < 1.29 is 13.2 Å². The third kappa shape index (κ3) is 5.21.